The first-order chi connectivity index (χ1) is 9.66. The second-order valence-electron chi connectivity index (χ2n) is 4.40. The maximum atomic E-state index is 12.8. The van der Waals surface area contributed by atoms with E-state index >= 15 is 0 Å². The summed E-state index contributed by atoms with van der Waals surface area (Å²) in [5.74, 6) is 0.121. The highest BCUT2D eigenvalue weighted by Crippen LogP contribution is 2.11. The van der Waals surface area contributed by atoms with E-state index in [0.29, 0.717) is 29.1 Å². The van der Waals surface area contributed by atoms with Crippen LogP contribution in [0.2, 0.25) is 0 Å². The fourth-order valence-electron chi connectivity index (χ4n) is 1.84. The molecule has 1 unspecified atom stereocenters. The molecule has 2 nitrogen and oxygen atoms in total. The monoisotopic (exact) mass is 290 g/mol. The van der Waals surface area contributed by atoms with Crippen LogP contribution in [0.4, 0.5) is 4.39 Å². The highest BCUT2D eigenvalue weighted by atomic mass is 32.2. The van der Waals surface area contributed by atoms with E-state index in [4.69, 9.17) is 0 Å². The van der Waals surface area contributed by atoms with Crippen molar-refractivity contribution in [2.24, 2.45) is 0 Å². The van der Waals surface area contributed by atoms with Crippen molar-refractivity contribution in [1.82, 2.24) is 0 Å². The highest BCUT2D eigenvalue weighted by molar-refractivity contribution is 7.85. The molecular weight excluding hydrogens is 275 g/mol. The molecule has 0 aliphatic carbocycles. The minimum absolute atomic E-state index is 0.0571. The van der Waals surface area contributed by atoms with Gasteiger partial charge in [0.05, 0.1) is 10.8 Å². The number of carbonyl (C=O) groups excluding carboxylic acids is 1. The lowest BCUT2D eigenvalue weighted by molar-refractivity contribution is 0.0982. The van der Waals surface area contributed by atoms with E-state index in [1.807, 2.05) is 18.2 Å². The Hall–Kier alpha value is -1.81. The minimum Gasteiger partial charge on any atom is -0.294 e. The fraction of sp³-hybridized carbons (Fsp3) is 0.188. The van der Waals surface area contributed by atoms with E-state index in [9.17, 15) is 13.4 Å². The summed E-state index contributed by atoms with van der Waals surface area (Å²) in [6.45, 7) is 0. The smallest absolute Gasteiger partial charge is 0.162 e. The molecule has 0 aliphatic rings. The molecular formula is C16H15FO2S. The van der Waals surface area contributed by atoms with Gasteiger partial charge < -0.3 is 0 Å². The average molecular weight is 290 g/mol. The van der Waals surface area contributed by atoms with E-state index in [2.05, 4.69) is 0 Å². The highest BCUT2D eigenvalue weighted by Gasteiger charge is 2.08. The largest absolute Gasteiger partial charge is 0.294 e. The Bertz CT molecular complexity index is 594. The van der Waals surface area contributed by atoms with Crippen LogP contribution in [0.3, 0.4) is 0 Å². The molecule has 0 radical (unpaired) electrons. The summed E-state index contributed by atoms with van der Waals surface area (Å²) in [7, 11) is -1.18. The predicted octanol–water partition coefficient (Wildman–Crippen LogP) is 3.60. The van der Waals surface area contributed by atoms with E-state index in [-0.39, 0.29) is 11.6 Å². The summed E-state index contributed by atoms with van der Waals surface area (Å²) < 4.78 is 24.7. The van der Waals surface area contributed by atoms with Crippen LogP contribution in [0.5, 0.6) is 0 Å². The zero-order valence-corrected chi connectivity index (χ0v) is 11.7. The Kier molecular flexibility index (Phi) is 5.18. The number of rotatable bonds is 6. The van der Waals surface area contributed by atoms with Gasteiger partial charge in [-0.05, 0) is 30.7 Å². The lowest BCUT2D eigenvalue weighted by Gasteiger charge is -2.03. The first-order valence-electron chi connectivity index (χ1n) is 6.39. The van der Waals surface area contributed by atoms with Crippen LogP contribution in [0.1, 0.15) is 23.2 Å². The maximum absolute atomic E-state index is 12.8. The number of halogens is 1. The normalized spacial score (nSPS) is 12.1. The first kappa shape index (κ1) is 14.6. The Morgan fingerprint density at radius 1 is 1.00 bits per heavy atom. The zero-order valence-electron chi connectivity index (χ0n) is 10.9. The van der Waals surface area contributed by atoms with Crippen LogP contribution in [0.15, 0.2) is 59.5 Å². The molecule has 0 saturated heterocycles. The minimum atomic E-state index is -1.18. The van der Waals surface area contributed by atoms with Crippen molar-refractivity contribution in [1.29, 1.82) is 0 Å². The van der Waals surface area contributed by atoms with Gasteiger partial charge in [-0.2, -0.15) is 0 Å². The van der Waals surface area contributed by atoms with E-state index < -0.39 is 10.8 Å². The second-order valence-corrected chi connectivity index (χ2v) is 5.97. The Balaban J connectivity index is 1.83. The van der Waals surface area contributed by atoms with Crippen LogP contribution in [0.25, 0.3) is 0 Å². The van der Waals surface area contributed by atoms with Crippen molar-refractivity contribution < 1.29 is 13.4 Å². The van der Waals surface area contributed by atoms with Crippen molar-refractivity contribution in [2.45, 2.75) is 17.7 Å². The fourth-order valence-corrected chi connectivity index (χ4v) is 2.92. The van der Waals surface area contributed by atoms with Crippen molar-refractivity contribution >= 4 is 16.6 Å². The molecule has 2 aromatic rings. The molecule has 0 aliphatic heterocycles. The first-order valence-corrected chi connectivity index (χ1v) is 7.71. The number of hydrogen-bond acceptors (Lipinski definition) is 2. The van der Waals surface area contributed by atoms with Crippen molar-refractivity contribution in [3.63, 3.8) is 0 Å². The van der Waals surface area contributed by atoms with Gasteiger partial charge in [0.1, 0.15) is 5.82 Å². The SMILES string of the molecule is O=C(CCCS(=O)c1ccc(F)cc1)c1ccccc1. The van der Waals surface area contributed by atoms with Crippen LogP contribution in [0, 0.1) is 5.82 Å². The molecule has 0 amide bonds. The van der Waals surface area contributed by atoms with E-state index in [0.717, 1.165) is 0 Å². The van der Waals surface area contributed by atoms with Gasteiger partial charge in [0, 0.05) is 22.6 Å². The maximum Gasteiger partial charge on any atom is 0.162 e. The molecule has 0 N–H and O–H groups in total. The topological polar surface area (TPSA) is 34.1 Å². The number of Topliss-reactive ketones (excluding diaryl/α,β-unsaturated/α-hetero) is 1. The van der Waals surface area contributed by atoms with Crippen LogP contribution in [-0.4, -0.2) is 15.7 Å². The van der Waals surface area contributed by atoms with Crippen molar-refractivity contribution in [2.75, 3.05) is 5.75 Å². The molecule has 0 aromatic heterocycles. The number of carbonyl (C=O) groups is 1. The molecule has 0 saturated carbocycles. The molecule has 1 atom stereocenters. The van der Waals surface area contributed by atoms with Gasteiger partial charge in [0.2, 0.25) is 0 Å². The third-order valence-corrected chi connectivity index (χ3v) is 4.36. The third-order valence-electron chi connectivity index (χ3n) is 2.91. The van der Waals surface area contributed by atoms with Crippen molar-refractivity contribution in [3.8, 4) is 0 Å². The van der Waals surface area contributed by atoms with Gasteiger partial charge in [-0.1, -0.05) is 30.3 Å². The Morgan fingerprint density at radius 2 is 1.65 bits per heavy atom. The molecule has 0 heterocycles. The molecule has 0 fully saturated rings. The third kappa shape index (κ3) is 4.10. The Morgan fingerprint density at radius 3 is 2.30 bits per heavy atom. The molecule has 4 heteroatoms. The summed E-state index contributed by atoms with van der Waals surface area (Å²) in [4.78, 5) is 12.5. The molecule has 0 spiro atoms. The zero-order chi connectivity index (χ0) is 14.4. The lowest BCUT2D eigenvalue weighted by atomic mass is 10.1. The van der Waals surface area contributed by atoms with Gasteiger partial charge in [-0.15, -0.1) is 0 Å². The van der Waals surface area contributed by atoms with Crippen molar-refractivity contribution in [3.05, 3.63) is 66.0 Å². The standard InChI is InChI=1S/C16H15FO2S/c17-14-8-10-15(11-9-14)20(19)12-4-7-16(18)13-5-2-1-3-6-13/h1-3,5-6,8-11H,4,7,12H2. The summed E-state index contributed by atoms with van der Waals surface area (Å²) >= 11 is 0. The van der Waals surface area contributed by atoms with Crippen LogP contribution >= 0.6 is 0 Å². The summed E-state index contributed by atoms with van der Waals surface area (Å²) in [6.07, 6.45) is 0.925. The van der Waals surface area contributed by atoms with Crippen LogP contribution < -0.4 is 0 Å². The molecule has 2 aromatic carbocycles. The van der Waals surface area contributed by atoms with Gasteiger partial charge >= 0.3 is 0 Å². The number of ketones is 1. The predicted molar refractivity (Wildman–Crippen MR) is 77.7 cm³/mol. The molecule has 0 bridgehead atoms. The van der Waals surface area contributed by atoms with Gasteiger partial charge in [-0.25, -0.2) is 4.39 Å². The second kappa shape index (κ2) is 7.10. The van der Waals surface area contributed by atoms with Gasteiger partial charge in [0.15, 0.2) is 5.78 Å². The number of hydrogen-bond donors (Lipinski definition) is 0. The quantitative estimate of drug-likeness (QED) is 0.762. The summed E-state index contributed by atoms with van der Waals surface area (Å²) in [5.41, 5.74) is 0.681. The summed E-state index contributed by atoms with van der Waals surface area (Å²) in [5, 5.41) is 0. The summed E-state index contributed by atoms with van der Waals surface area (Å²) in [6, 6.07) is 14.7. The number of benzene rings is 2. The molecule has 2 rings (SSSR count). The lowest BCUT2D eigenvalue weighted by Crippen LogP contribution is -2.03. The molecule has 20 heavy (non-hydrogen) atoms. The van der Waals surface area contributed by atoms with E-state index in [1.165, 1.54) is 24.3 Å². The van der Waals surface area contributed by atoms with Gasteiger partial charge in [0.25, 0.3) is 0 Å². The Labute approximate surface area is 120 Å². The molecule has 104 valence electrons. The average Bonchev–Trinajstić information content (AvgIpc) is 2.48. The van der Waals surface area contributed by atoms with E-state index in [1.54, 1.807) is 12.1 Å². The van der Waals surface area contributed by atoms with Gasteiger partial charge in [-0.3, -0.25) is 9.00 Å². The van der Waals surface area contributed by atoms with Crippen LogP contribution in [-0.2, 0) is 10.8 Å².